The topological polar surface area (TPSA) is 109 Å². The van der Waals surface area contributed by atoms with Crippen LogP contribution in [0.25, 0.3) is 10.9 Å². The van der Waals surface area contributed by atoms with Crippen LogP contribution in [0.2, 0.25) is 0 Å². The summed E-state index contributed by atoms with van der Waals surface area (Å²) in [5.41, 5.74) is 2.43. The molecule has 2 heterocycles. The second-order valence-corrected chi connectivity index (χ2v) is 9.01. The molecule has 0 atom stereocenters. The fourth-order valence-corrected chi connectivity index (χ4v) is 4.29. The van der Waals surface area contributed by atoms with Crippen LogP contribution in [0.1, 0.15) is 12.0 Å². The Hall–Kier alpha value is -4.65. The maximum Gasteiger partial charge on any atom is 0.323 e. The van der Waals surface area contributed by atoms with E-state index in [0.29, 0.717) is 51.7 Å². The Labute approximate surface area is 226 Å². The lowest BCUT2D eigenvalue weighted by Gasteiger charge is -2.26. The molecule has 3 aromatic carbocycles. The predicted molar refractivity (Wildman–Crippen MR) is 149 cm³/mol. The molecule has 0 radical (unpaired) electrons. The molecular formula is C30H29N5O4. The van der Waals surface area contributed by atoms with Gasteiger partial charge in [-0.25, -0.2) is 4.79 Å². The summed E-state index contributed by atoms with van der Waals surface area (Å²) >= 11 is 0. The van der Waals surface area contributed by atoms with E-state index in [4.69, 9.17) is 14.2 Å². The maximum atomic E-state index is 12.2. The Morgan fingerprint density at radius 3 is 2.46 bits per heavy atom. The van der Waals surface area contributed by atoms with Crippen molar-refractivity contribution in [3.8, 4) is 23.3 Å². The third-order valence-electron chi connectivity index (χ3n) is 6.27. The van der Waals surface area contributed by atoms with Crippen molar-refractivity contribution in [1.29, 1.82) is 5.26 Å². The van der Waals surface area contributed by atoms with Gasteiger partial charge in [0.05, 0.1) is 30.9 Å². The van der Waals surface area contributed by atoms with E-state index in [1.54, 1.807) is 48.7 Å². The number of hydrogen-bond donors (Lipinski definition) is 2. The molecule has 2 N–H and O–H groups in total. The van der Waals surface area contributed by atoms with E-state index in [1.807, 2.05) is 30.3 Å². The largest absolute Gasteiger partial charge is 0.492 e. The first-order valence-electron chi connectivity index (χ1n) is 12.8. The van der Waals surface area contributed by atoms with Gasteiger partial charge in [0.1, 0.15) is 23.3 Å². The monoisotopic (exact) mass is 523 g/mol. The highest BCUT2D eigenvalue weighted by molar-refractivity contribution is 5.99. The minimum atomic E-state index is -0.335. The number of aromatic nitrogens is 1. The van der Waals surface area contributed by atoms with E-state index >= 15 is 0 Å². The Balaban J connectivity index is 1.22. The van der Waals surface area contributed by atoms with E-state index < -0.39 is 0 Å². The number of hydrogen-bond acceptors (Lipinski definition) is 7. The number of fused-ring (bicyclic) bond motifs is 1. The SMILES string of the molecule is N#Cc1cc2c(Oc3ccc(NC(=O)Nc4ccccc4)cc3)ccnc2cc1OCCCN1CCOCC1. The number of urea groups is 1. The number of pyridine rings is 1. The first-order valence-corrected chi connectivity index (χ1v) is 12.8. The fraction of sp³-hybridized carbons (Fsp3) is 0.233. The molecule has 1 saturated heterocycles. The van der Waals surface area contributed by atoms with Crippen molar-refractivity contribution < 1.29 is 19.0 Å². The summed E-state index contributed by atoms with van der Waals surface area (Å²) in [5.74, 6) is 1.66. The molecule has 1 aliphatic rings. The van der Waals surface area contributed by atoms with Crippen LogP contribution in [-0.4, -0.2) is 55.4 Å². The minimum Gasteiger partial charge on any atom is -0.492 e. The Morgan fingerprint density at radius 2 is 1.72 bits per heavy atom. The zero-order valence-corrected chi connectivity index (χ0v) is 21.4. The van der Waals surface area contributed by atoms with E-state index in [1.165, 1.54) is 0 Å². The van der Waals surface area contributed by atoms with E-state index in [9.17, 15) is 10.1 Å². The van der Waals surface area contributed by atoms with Gasteiger partial charge in [-0.15, -0.1) is 0 Å². The van der Waals surface area contributed by atoms with Gasteiger partial charge in [-0.2, -0.15) is 5.26 Å². The molecule has 0 bridgehead atoms. The first kappa shape index (κ1) is 26.0. The molecule has 1 aromatic heterocycles. The average molecular weight is 524 g/mol. The molecule has 0 spiro atoms. The Kier molecular flexibility index (Phi) is 8.48. The van der Waals surface area contributed by atoms with Crippen LogP contribution in [-0.2, 0) is 4.74 Å². The molecule has 0 unspecified atom stereocenters. The summed E-state index contributed by atoms with van der Waals surface area (Å²) in [6, 6.07) is 23.5. The summed E-state index contributed by atoms with van der Waals surface area (Å²) in [5, 5.41) is 16.0. The Bertz CT molecular complexity index is 1450. The molecular weight excluding hydrogens is 494 g/mol. The smallest absolute Gasteiger partial charge is 0.323 e. The molecule has 0 saturated carbocycles. The van der Waals surface area contributed by atoms with Gasteiger partial charge in [0.25, 0.3) is 0 Å². The number of ether oxygens (including phenoxy) is 3. The second kappa shape index (κ2) is 12.7. The normalized spacial score (nSPS) is 13.4. The van der Waals surface area contributed by atoms with Crippen molar-refractivity contribution in [3.05, 3.63) is 84.6 Å². The quantitative estimate of drug-likeness (QED) is 0.273. The van der Waals surface area contributed by atoms with Crippen molar-refractivity contribution >= 4 is 28.3 Å². The van der Waals surface area contributed by atoms with Crippen molar-refractivity contribution in [1.82, 2.24) is 9.88 Å². The molecule has 39 heavy (non-hydrogen) atoms. The lowest BCUT2D eigenvalue weighted by molar-refractivity contribution is 0.0358. The molecule has 9 nitrogen and oxygen atoms in total. The van der Waals surface area contributed by atoms with Gasteiger partial charge < -0.3 is 24.8 Å². The predicted octanol–water partition coefficient (Wildman–Crippen LogP) is 5.64. The maximum absolute atomic E-state index is 12.2. The minimum absolute atomic E-state index is 0.335. The summed E-state index contributed by atoms with van der Waals surface area (Å²) < 4.78 is 17.5. The number of amides is 2. The van der Waals surface area contributed by atoms with Gasteiger partial charge in [-0.1, -0.05) is 18.2 Å². The summed E-state index contributed by atoms with van der Waals surface area (Å²) in [6.07, 6.45) is 2.52. The van der Waals surface area contributed by atoms with Crippen LogP contribution in [0, 0.1) is 11.3 Å². The lowest BCUT2D eigenvalue weighted by atomic mass is 10.1. The zero-order valence-electron chi connectivity index (χ0n) is 21.4. The van der Waals surface area contributed by atoms with Gasteiger partial charge in [0.2, 0.25) is 0 Å². The van der Waals surface area contributed by atoms with Crippen LogP contribution in [0.5, 0.6) is 17.2 Å². The van der Waals surface area contributed by atoms with Gasteiger partial charge in [-0.3, -0.25) is 9.88 Å². The number of nitrogens with zero attached hydrogens (tertiary/aromatic N) is 3. The molecule has 198 valence electrons. The highest BCUT2D eigenvalue weighted by atomic mass is 16.5. The summed E-state index contributed by atoms with van der Waals surface area (Å²) in [7, 11) is 0. The third kappa shape index (κ3) is 7.02. The molecule has 5 rings (SSSR count). The molecule has 2 amide bonds. The lowest BCUT2D eigenvalue weighted by Crippen LogP contribution is -2.37. The average Bonchev–Trinajstić information content (AvgIpc) is 2.97. The Morgan fingerprint density at radius 1 is 0.974 bits per heavy atom. The molecule has 1 aliphatic heterocycles. The van der Waals surface area contributed by atoms with Crippen molar-refractivity contribution in [2.45, 2.75) is 6.42 Å². The van der Waals surface area contributed by atoms with Crippen molar-refractivity contribution in [2.24, 2.45) is 0 Å². The number of carbonyl (C=O) groups is 1. The van der Waals surface area contributed by atoms with Crippen LogP contribution >= 0.6 is 0 Å². The number of para-hydroxylation sites is 1. The highest BCUT2D eigenvalue weighted by Crippen LogP contribution is 2.33. The van der Waals surface area contributed by atoms with Gasteiger partial charge in [0, 0.05) is 48.7 Å². The fourth-order valence-electron chi connectivity index (χ4n) is 4.29. The first-order chi connectivity index (χ1) is 19.2. The molecule has 1 fully saturated rings. The van der Waals surface area contributed by atoms with Gasteiger partial charge >= 0.3 is 6.03 Å². The number of benzene rings is 3. The molecule has 4 aromatic rings. The number of nitriles is 1. The zero-order chi connectivity index (χ0) is 26.9. The van der Waals surface area contributed by atoms with Gasteiger partial charge in [0.15, 0.2) is 0 Å². The van der Waals surface area contributed by atoms with Crippen LogP contribution in [0.15, 0.2) is 79.0 Å². The summed E-state index contributed by atoms with van der Waals surface area (Å²) in [6.45, 7) is 4.86. The molecule has 0 aliphatic carbocycles. The van der Waals surface area contributed by atoms with Gasteiger partial charge in [-0.05, 0) is 55.0 Å². The summed E-state index contributed by atoms with van der Waals surface area (Å²) in [4.78, 5) is 19.1. The second-order valence-electron chi connectivity index (χ2n) is 9.01. The van der Waals surface area contributed by atoms with Crippen molar-refractivity contribution in [2.75, 3.05) is 50.1 Å². The number of rotatable bonds is 9. The van der Waals surface area contributed by atoms with Crippen LogP contribution in [0.4, 0.5) is 16.2 Å². The standard InChI is InChI=1S/C30H29N5O4/c31-21-22-19-26-27(20-29(22)38-16-4-13-35-14-17-37-18-15-35)32-12-11-28(26)39-25-9-7-24(8-10-25)34-30(36)33-23-5-2-1-3-6-23/h1-3,5-12,19-20H,4,13-18H2,(H2,33,34,36). The van der Waals surface area contributed by atoms with Crippen LogP contribution < -0.4 is 20.1 Å². The van der Waals surface area contributed by atoms with E-state index in [-0.39, 0.29) is 6.03 Å². The number of carbonyl (C=O) groups excluding carboxylic acids is 1. The molecule has 9 heteroatoms. The van der Waals surface area contributed by atoms with Crippen LogP contribution in [0.3, 0.4) is 0 Å². The number of anilines is 2. The highest BCUT2D eigenvalue weighted by Gasteiger charge is 2.13. The third-order valence-corrected chi connectivity index (χ3v) is 6.27. The van der Waals surface area contributed by atoms with E-state index in [2.05, 4.69) is 26.6 Å². The van der Waals surface area contributed by atoms with Crippen molar-refractivity contribution in [3.63, 3.8) is 0 Å². The number of morpholine rings is 1. The van der Waals surface area contributed by atoms with E-state index in [0.717, 1.165) is 39.3 Å². The number of nitrogens with one attached hydrogen (secondary N) is 2.